The highest BCUT2D eigenvalue weighted by molar-refractivity contribution is 9.10. The van der Waals surface area contributed by atoms with Crippen LogP contribution in [0.4, 0.5) is 0 Å². The van der Waals surface area contributed by atoms with Gasteiger partial charge >= 0.3 is 0 Å². The summed E-state index contributed by atoms with van der Waals surface area (Å²) in [6, 6.07) is 4.31. The predicted octanol–water partition coefficient (Wildman–Crippen LogP) is 3.98. The number of furan rings is 1. The fourth-order valence-electron chi connectivity index (χ4n) is 3.05. The third kappa shape index (κ3) is 1.56. The van der Waals surface area contributed by atoms with E-state index in [1.807, 2.05) is 13.1 Å². The summed E-state index contributed by atoms with van der Waals surface area (Å²) in [7, 11) is 2.01. The van der Waals surface area contributed by atoms with Crippen molar-refractivity contribution in [2.45, 2.75) is 33.7 Å². The van der Waals surface area contributed by atoms with Gasteiger partial charge in [-0.15, -0.1) is 0 Å². The van der Waals surface area contributed by atoms with E-state index >= 15 is 0 Å². The van der Waals surface area contributed by atoms with Gasteiger partial charge in [-0.25, -0.2) is 0 Å². The molecule has 1 saturated carbocycles. The molecule has 90 valence electrons. The van der Waals surface area contributed by atoms with Gasteiger partial charge < -0.3 is 9.73 Å². The maximum atomic E-state index is 5.68. The summed E-state index contributed by atoms with van der Waals surface area (Å²) >= 11 is 3.36. The van der Waals surface area contributed by atoms with Crippen LogP contribution in [0.25, 0.3) is 0 Å². The molecule has 1 aliphatic rings. The first-order chi connectivity index (χ1) is 7.32. The quantitative estimate of drug-likeness (QED) is 0.909. The zero-order valence-corrected chi connectivity index (χ0v) is 12.2. The van der Waals surface area contributed by atoms with Gasteiger partial charge in [0.2, 0.25) is 0 Å². The Morgan fingerprint density at radius 3 is 2.12 bits per heavy atom. The molecule has 1 aromatic heterocycles. The predicted molar refractivity (Wildman–Crippen MR) is 69.3 cm³/mol. The van der Waals surface area contributed by atoms with E-state index in [0.717, 1.165) is 10.4 Å². The summed E-state index contributed by atoms with van der Waals surface area (Å²) in [5, 5.41) is 3.39. The molecule has 0 spiro atoms. The molecule has 3 heteroatoms. The van der Waals surface area contributed by atoms with Crippen LogP contribution in [0, 0.1) is 16.7 Å². The van der Waals surface area contributed by atoms with Gasteiger partial charge in [-0.05, 0) is 51.9 Å². The average Bonchev–Trinajstić information content (AvgIpc) is 2.55. The minimum absolute atomic E-state index is 0.302. The Bertz CT molecular complexity index is 380. The van der Waals surface area contributed by atoms with Crippen molar-refractivity contribution in [1.82, 2.24) is 5.32 Å². The van der Waals surface area contributed by atoms with Gasteiger partial charge in [-0.1, -0.05) is 27.7 Å². The van der Waals surface area contributed by atoms with Crippen LogP contribution in [-0.2, 0) is 0 Å². The van der Waals surface area contributed by atoms with E-state index in [-0.39, 0.29) is 0 Å². The monoisotopic (exact) mass is 285 g/mol. The normalized spacial score (nSPS) is 24.4. The smallest absolute Gasteiger partial charge is 0.169 e. The summed E-state index contributed by atoms with van der Waals surface area (Å²) < 4.78 is 6.48. The summed E-state index contributed by atoms with van der Waals surface area (Å²) in [4.78, 5) is 0. The molecule has 1 unspecified atom stereocenters. The molecule has 0 amide bonds. The van der Waals surface area contributed by atoms with Crippen LogP contribution >= 0.6 is 15.9 Å². The fourth-order valence-corrected chi connectivity index (χ4v) is 3.37. The van der Waals surface area contributed by atoms with Gasteiger partial charge in [-0.2, -0.15) is 0 Å². The highest BCUT2D eigenvalue weighted by Gasteiger charge is 2.67. The first kappa shape index (κ1) is 12.2. The first-order valence-corrected chi connectivity index (χ1v) is 6.54. The molecular weight excluding hydrogens is 266 g/mol. The SMILES string of the molecule is CNC(c1ccc(Br)o1)C1C(C)(C)C1(C)C. The second-order valence-electron chi connectivity index (χ2n) is 5.83. The second-order valence-corrected chi connectivity index (χ2v) is 6.61. The van der Waals surface area contributed by atoms with Crippen molar-refractivity contribution >= 4 is 15.9 Å². The summed E-state index contributed by atoms with van der Waals surface area (Å²) in [5.41, 5.74) is 0.722. The van der Waals surface area contributed by atoms with E-state index in [2.05, 4.69) is 55.0 Å². The Labute approximate surface area is 106 Å². The largest absolute Gasteiger partial charge is 0.453 e. The van der Waals surface area contributed by atoms with Crippen molar-refractivity contribution < 1.29 is 4.42 Å². The molecule has 0 radical (unpaired) electrons. The Hall–Kier alpha value is -0.280. The van der Waals surface area contributed by atoms with Crippen LogP contribution in [0.2, 0.25) is 0 Å². The standard InChI is InChI=1S/C13H20BrNO/c1-12(2)11(13(12,3)4)10(15-5)8-6-7-9(14)16-8/h6-7,10-11,15H,1-5H3. The summed E-state index contributed by atoms with van der Waals surface area (Å²) in [6.45, 7) is 9.33. The number of hydrogen-bond acceptors (Lipinski definition) is 2. The van der Waals surface area contributed by atoms with E-state index in [1.165, 1.54) is 0 Å². The van der Waals surface area contributed by atoms with E-state index in [0.29, 0.717) is 22.8 Å². The van der Waals surface area contributed by atoms with Gasteiger partial charge in [-0.3, -0.25) is 0 Å². The van der Waals surface area contributed by atoms with Crippen LogP contribution in [-0.4, -0.2) is 7.05 Å². The van der Waals surface area contributed by atoms with Crippen LogP contribution < -0.4 is 5.32 Å². The van der Waals surface area contributed by atoms with E-state index < -0.39 is 0 Å². The van der Waals surface area contributed by atoms with Gasteiger partial charge in [0, 0.05) is 0 Å². The van der Waals surface area contributed by atoms with Crippen LogP contribution in [0.1, 0.15) is 39.5 Å². The van der Waals surface area contributed by atoms with Gasteiger partial charge in [0.05, 0.1) is 6.04 Å². The maximum absolute atomic E-state index is 5.68. The van der Waals surface area contributed by atoms with Crippen molar-refractivity contribution in [2.24, 2.45) is 16.7 Å². The Morgan fingerprint density at radius 2 is 1.81 bits per heavy atom. The Morgan fingerprint density at radius 1 is 1.25 bits per heavy atom. The Balaban J connectivity index is 2.26. The molecule has 1 aliphatic carbocycles. The van der Waals surface area contributed by atoms with Gasteiger partial charge in [0.25, 0.3) is 0 Å². The van der Waals surface area contributed by atoms with Crippen molar-refractivity contribution in [3.63, 3.8) is 0 Å². The fraction of sp³-hybridized carbons (Fsp3) is 0.692. The third-order valence-electron chi connectivity index (χ3n) is 4.68. The van der Waals surface area contributed by atoms with Crippen molar-refractivity contribution in [3.05, 3.63) is 22.6 Å². The zero-order valence-electron chi connectivity index (χ0n) is 10.6. The molecule has 2 rings (SSSR count). The third-order valence-corrected chi connectivity index (χ3v) is 5.10. The lowest BCUT2D eigenvalue weighted by Crippen LogP contribution is -2.20. The van der Waals surface area contributed by atoms with Crippen LogP contribution in [0.3, 0.4) is 0 Å². The molecule has 0 saturated heterocycles. The molecule has 1 fully saturated rings. The molecule has 0 aliphatic heterocycles. The van der Waals surface area contributed by atoms with Crippen LogP contribution in [0.5, 0.6) is 0 Å². The summed E-state index contributed by atoms with van der Waals surface area (Å²) in [5.74, 6) is 1.64. The van der Waals surface area contributed by atoms with Crippen molar-refractivity contribution in [3.8, 4) is 0 Å². The molecule has 1 N–H and O–H groups in total. The number of halogens is 1. The number of rotatable bonds is 3. The zero-order chi connectivity index (χ0) is 12.1. The Kier molecular flexibility index (Phi) is 2.75. The lowest BCUT2D eigenvalue weighted by Gasteiger charge is -2.15. The van der Waals surface area contributed by atoms with Gasteiger partial charge in [0.1, 0.15) is 5.76 Å². The topological polar surface area (TPSA) is 25.2 Å². The highest BCUT2D eigenvalue weighted by atomic mass is 79.9. The molecule has 1 aromatic rings. The van der Waals surface area contributed by atoms with E-state index in [4.69, 9.17) is 4.42 Å². The lowest BCUT2D eigenvalue weighted by molar-refractivity contribution is 0.353. The highest BCUT2D eigenvalue weighted by Crippen LogP contribution is 2.72. The van der Waals surface area contributed by atoms with E-state index in [1.54, 1.807) is 0 Å². The van der Waals surface area contributed by atoms with Crippen molar-refractivity contribution in [2.75, 3.05) is 7.05 Å². The van der Waals surface area contributed by atoms with E-state index in [9.17, 15) is 0 Å². The summed E-state index contributed by atoms with van der Waals surface area (Å²) in [6.07, 6.45) is 0. The molecular formula is C13H20BrNO. The first-order valence-electron chi connectivity index (χ1n) is 5.75. The molecule has 1 heterocycles. The van der Waals surface area contributed by atoms with Gasteiger partial charge in [0.15, 0.2) is 4.67 Å². The average molecular weight is 286 g/mol. The van der Waals surface area contributed by atoms with Crippen LogP contribution in [0.15, 0.2) is 21.2 Å². The molecule has 0 aromatic carbocycles. The second kappa shape index (κ2) is 3.61. The maximum Gasteiger partial charge on any atom is 0.169 e. The molecule has 0 bridgehead atoms. The lowest BCUT2D eigenvalue weighted by atomic mass is 10.0. The number of hydrogen-bond donors (Lipinski definition) is 1. The minimum Gasteiger partial charge on any atom is -0.453 e. The van der Waals surface area contributed by atoms with Crippen molar-refractivity contribution in [1.29, 1.82) is 0 Å². The molecule has 16 heavy (non-hydrogen) atoms. The minimum atomic E-state index is 0.302. The molecule has 1 atom stereocenters. The molecule has 2 nitrogen and oxygen atoms in total. The number of nitrogens with one attached hydrogen (secondary N) is 1.